The molecule has 0 bridgehead atoms. The maximum absolute atomic E-state index is 12.4. The molecule has 0 aliphatic heterocycles. The molecular formula is C18H14IN3OS. The molecule has 0 spiro atoms. The van der Waals surface area contributed by atoms with Gasteiger partial charge in [-0.1, -0.05) is 12.1 Å². The molecule has 3 rings (SSSR count). The van der Waals surface area contributed by atoms with E-state index in [0.29, 0.717) is 10.7 Å². The van der Waals surface area contributed by atoms with Crippen molar-refractivity contribution in [3.63, 3.8) is 0 Å². The average Bonchev–Trinajstić information content (AvgIpc) is 2.58. The van der Waals surface area contributed by atoms with Gasteiger partial charge in [-0.25, -0.2) is 9.97 Å². The van der Waals surface area contributed by atoms with Gasteiger partial charge < -0.3 is 5.32 Å². The van der Waals surface area contributed by atoms with Crippen LogP contribution in [0.5, 0.6) is 0 Å². The molecule has 0 radical (unpaired) electrons. The topological polar surface area (TPSA) is 54.9 Å². The number of rotatable bonds is 4. The lowest BCUT2D eigenvalue weighted by Gasteiger charge is -2.11. The van der Waals surface area contributed by atoms with Gasteiger partial charge in [0.2, 0.25) is 0 Å². The van der Waals surface area contributed by atoms with Crippen molar-refractivity contribution in [2.24, 2.45) is 0 Å². The van der Waals surface area contributed by atoms with E-state index in [0.717, 1.165) is 19.7 Å². The number of carbonyl (C=O) groups excluding carboxylic acids is 1. The van der Waals surface area contributed by atoms with Crippen LogP contribution in [-0.4, -0.2) is 15.9 Å². The number of hydrogen-bond donors (Lipinski definition) is 1. The van der Waals surface area contributed by atoms with Crippen LogP contribution in [0.3, 0.4) is 0 Å². The Balaban J connectivity index is 1.76. The first-order chi connectivity index (χ1) is 11.6. The van der Waals surface area contributed by atoms with Crippen LogP contribution in [0.2, 0.25) is 0 Å². The minimum atomic E-state index is -0.102. The fourth-order valence-corrected chi connectivity index (χ4v) is 3.56. The van der Waals surface area contributed by atoms with Gasteiger partial charge in [0.15, 0.2) is 5.16 Å². The van der Waals surface area contributed by atoms with Gasteiger partial charge in [0.25, 0.3) is 5.91 Å². The lowest BCUT2D eigenvalue weighted by atomic mass is 10.1. The first kappa shape index (κ1) is 16.9. The van der Waals surface area contributed by atoms with Crippen LogP contribution in [0, 0.1) is 10.5 Å². The highest BCUT2D eigenvalue weighted by molar-refractivity contribution is 14.1. The van der Waals surface area contributed by atoms with Gasteiger partial charge in [0.1, 0.15) is 0 Å². The zero-order valence-electron chi connectivity index (χ0n) is 12.9. The van der Waals surface area contributed by atoms with Crippen molar-refractivity contribution >= 4 is 45.9 Å². The predicted octanol–water partition coefficient (Wildman–Crippen LogP) is 4.79. The van der Waals surface area contributed by atoms with Crippen molar-refractivity contribution in [1.29, 1.82) is 0 Å². The molecule has 2 aromatic carbocycles. The van der Waals surface area contributed by atoms with Crippen molar-refractivity contribution in [2.75, 3.05) is 5.32 Å². The largest absolute Gasteiger partial charge is 0.322 e. The Labute approximate surface area is 158 Å². The summed E-state index contributed by atoms with van der Waals surface area (Å²) in [4.78, 5) is 21.9. The minimum Gasteiger partial charge on any atom is -0.322 e. The van der Waals surface area contributed by atoms with E-state index in [-0.39, 0.29) is 5.91 Å². The Hall–Kier alpha value is -1.93. The minimum absolute atomic E-state index is 0.102. The number of nitrogens with zero attached hydrogens (tertiary/aromatic N) is 2. The van der Waals surface area contributed by atoms with E-state index in [9.17, 15) is 4.79 Å². The Morgan fingerprint density at radius 1 is 1.08 bits per heavy atom. The highest BCUT2D eigenvalue weighted by Crippen LogP contribution is 2.28. The van der Waals surface area contributed by atoms with E-state index < -0.39 is 0 Å². The Morgan fingerprint density at radius 2 is 1.83 bits per heavy atom. The lowest BCUT2D eigenvalue weighted by Crippen LogP contribution is -2.14. The maximum atomic E-state index is 12.4. The standard InChI is InChI=1S/C18H14IN3OS/c1-12-11-13(24-18-20-9-4-10-21-18)7-8-16(12)22-17(23)14-5-2-3-6-15(14)19/h2-11H,1H3,(H,22,23). The third-order valence-electron chi connectivity index (χ3n) is 3.32. The molecule has 24 heavy (non-hydrogen) atoms. The summed E-state index contributed by atoms with van der Waals surface area (Å²) in [6.45, 7) is 1.97. The molecule has 1 heterocycles. The molecule has 0 fully saturated rings. The van der Waals surface area contributed by atoms with Gasteiger partial charge in [-0.2, -0.15) is 0 Å². The van der Waals surface area contributed by atoms with Gasteiger partial charge in [-0.3, -0.25) is 4.79 Å². The second-order valence-electron chi connectivity index (χ2n) is 5.04. The fraction of sp³-hybridized carbons (Fsp3) is 0.0556. The van der Waals surface area contributed by atoms with Crippen LogP contribution < -0.4 is 5.32 Å². The van der Waals surface area contributed by atoms with E-state index in [2.05, 4.69) is 37.9 Å². The molecule has 0 saturated carbocycles. The van der Waals surface area contributed by atoms with Crippen LogP contribution in [0.25, 0.3) is 0 Å². The van der Waals surface area contributed by atoms with Gasteiger partial charge in [-0.05, 0) is 83.2 Å². The molecule has 120 valence electrons. The van der Waals surface area contributed by atoms with Crippen molar-refractivity contribution in [1.82, 2.24) is 9.97 Å². The van der Waals surface area contributed by atoms with E-state index >= 15 is 0 Å². The molecule has 1 amide bonds. The van der Waals surface area contributed by atoms with Crippen LogP contribution >= 0.6 is 34.4 Å². The smallest absolute Gasteiger partial charge is 0.256 e. The van der Waals surface area contributed by atoms with Crippen molar-refractivity contribution in [2.45, 2.75) is 17.0 Å². The zero-order valence-corrected chi connectivity index (χ0v) is 15.8. The van der Waals surface area contributed by atoms with Gasteiger partial charge in [0.05, 0.1) is 5.56 Å². The van der Waals surface area contributed by atoms with Crippen LogP contribution in [0.15, 0.2) is 71.0 Å². The summed E-state index contributed by atoms with van der Waals surface area (Å²) in [5, 5.41) is 3.68. The van der Waals surface area contributed by atoms with Crippen LogP contribution in [0.4, 0.5) is 5.69 Å². The maximum Gasteiger partial charge on any atom is 0.256 e. The Kier molecular flexibility index (Phi) is 5.47. The number of hydrogen-bond acceptors (Lipinski definition) is 4. The zero-order chi connectivity index (χ0) is 16.9. The number of anilines is 1. The molecule has 1 N–H and O–H groups in total. The number of aryl methyl sites for hydroxylation is 1. The van der Waals surface area contributed by atoms with E-state index in [1.54, 1.807) is 18.5 Å². The molecule has 0 saturated heterocycles. The molecule has 0 aliphatic rings. The van der Waals surface area contributed by atoms with E-state index in [1.807, 2.05) is 49.4 Å². The van der Waals surface area contributed by atoms with Crippen LogP contribution in [0.1, 0.15) is 15.9 Å². The Bertz CT molecular complexity index is 871. The SMILES string of the molecule is Cc1cc(Sc2ncccn2)ccc1NC(=O)c1ccccc1I. The summed E-state index contributed by atoms with van der Waals surface area (Å²) in [6, 6.07) is 15.2. The van der Waals surface area contributed by atoms with Gasteiger partial charge in [0, 0.05) is 26.5 Å². The summed E-state index contributed by atoms with van der Waals surface area (Å²) in [7, 11) is 0. The summed E-state index contributed by atoms with van der Waals surface area (Å²) in [6.07, 6.45) is 3.44. The van der Waals surface area contributed by atoms with Crippen molar-refractivity contribution in [3.05, 3.63) is 75.6 Å². The number of amides is 1. The Morgan fingerprint density at radius 3 is 2.54 bits per heavy atom. The monoisotopic (exact) mass is 447 g/mol. The highest BCUT2D eigenvalue weighted by Gasteiger charge is 2.11. The number of carbonyl (C=O) groups is 1. The number of aromatic nitrogens is 2. The predicted molar refractivity (Wildman–Crippen MR) is 104 cm³/mol. The van der Waals surface area contributed by atoms with Crippen LogP contribution in [-0.2, 0) is 0 Å². The molecule has 0 aliphatic carbocycles. The average molecular weight is 447 g/mol. The van der Waals surface area contributed by atoms with Gasteiger partial charge in [-0.15, -0.1) is 0 Å². The fourth-order valence-electron chi connectivity index (χ4n) is 2.12. The quantitative estimate of drug-likeness (QED) is 0.462. The summed E-state index contributed by atoms with van der Waals surface area (Å²) < 4.78 is 0.929. The first-order valence-corrected chi connectivity index (χ1v) is 9.14. The molecule has 0 atom stereocenters. The van der Waals surface area contributed by atoms with Crippen molar-refractivity contribution < 1.29 is 4.79 Å². The highest BCUT2D eigenvalue weighted by atomic mass is 127. The second-order valence-corrected chi connectivity index (χ2v) is 7.25. The summed E-state index contributed by atoms with van der Waals surface area (Å²) >= 11 is 3.66. The van der Waals surface area contributed by atoms with E-state index in [1.165, 1.54) is 11.8 Å². The number of halogens is 1. The first-order valence-electron chi connectivity index (χ1n) is 7.25. The van der Waals surface area contributed by atoms with Gasteiger partial charge >= 0.3 is 0 Å². The molecule has 0 unspecified atom stereocenters. The molecule has 4 nitrogen and oxygen atoms in total. The summed E-state index contributed by atoms with van der Waals surface area (Å²) in [5.41, 5.74) is 2.47. The third kappa shape index (κ3) is 4.12. The number of nitrogens with one attached hydrogen (secondary N) is 1. The van der Waals surface area contributed by atoms with E-state index in [4.69, 9.17) is 0 Å². The second kappa shape index (κ2) is 7.76. The third-order valence-corrected chi connectivity index (χ3v) is 5.14. The molecule has 6 heteroatoms. The van der Waals surface area contributed by atoms with Crippen molar-refractivity contribution in [3.8, 4) is 0 Å². The molecular weight excluding hydrogens is 433 g/mol. The normalized spacial score (nSPS) is 10.4. The molecule has 1 aromatic heterocycles. The lowest BCUT2D eigenvalue weighted by molar-refractivity contribution is 0.102. The summed E-state index contributed by atoms with van der Waals surface area (Å²) in [5.74, 6) is -0.102. The molecule has 3 aromatic rings. The number of benzene rings is 2.